The fraction of sp³-hybridized carbons (Fsp3) is 0.130. The molecule has 0 saturated carbocycles. The van der Waals surface area contributed by atoms with Crippen molar-refractivity contribution in [1.82, 2.24) is 0 Å². The number of carbonyl (C=O) groups is 2. The van der Waals surface area contributed by atoms with Crippen molar-refractivity contribution in [2.75, 3.05) is 11.9 Å². The molecule has 0 radical (unpaired) electrons. The van der Waals surface area contributed by atoms with Gasteiger partial charge in [-0.15, -0.1) is 0 Å². The van der Waals surface area contributed by atoms with Crippen LogP contribution in [0, 0.1) is 0 Å². The summed E-state index contributed by atoms with van der Waals surface area (Å²) in [7, 11) is 0. The van der Waals surface area contributed by atoms with E-state index >= 15 is 0 Å². The maximum Gasteiger partial charge on any atom is 0.338 e. The molecule has 3 aromatic carbocycles. The maximum absolute atomic E-state index is 12.7. The Morgan fingerprint density at radius 3 is 2.25 bits per heavy atom. The van der Waals surface area contributed by atoms with Crippen molar-refractivity contribution in [1.29, 1.82) is 0 Å². The molecule has 3 aromatic rings. The van der Waals surface area contributed by atoms with E-state index in [0.29, 0.717) is 35.8 Å². The molecule has 5 nitrogen and oxygen atoms in total. The summed E-state index contributed by atoms with van der Waals surface area (Å²) in [5, 5.41) is 2.82. The molecule has 0 aliphatic carbocycles. The summed E-state index contributed by atoms with van der Waals surface area (Å²) in [6.07, 6.45) is 0. The van der Waals surface area contributed by atoms with E-state index in [-0.39, 0.29) is 11.9 Å². The van der Waals surface area contributed by atoms with E-state index in [2.05, 4.69) is 5.32 Å². The normalized spacial score (nSPS) is 10.2. The van der Waals surface area contributed by atoms with Gasteiger partial charge in [-0.05, 0) is 48.9 Å². The van der Waals surface area contributed by atoms with Crippen LogP contribution in [0.25, 0.3) is 0 Å². The van der Waals surface area contributed by atoms with Crippen LogP contribution in [0.5, 0.6) is 5.75 Å². The molecule has 0 heterocycles. The van der Waals surface area contributed by atoms with Crippen LogP contribution in [-0.4, -0.2) is 18.5 Å². The van der Waals surface area contributed by atoms with Crippen LogP contribution < -0.4 is 10.1 Å². The van der Waals surface area contributed by atoms with Crippen molar-refractivity contribution >= 4 is 17.6 Å². The van der Waals surface area contributed by atoms with E-state index in [1.807, 2.05) is 36.4 Å². The minimum absolute atomic E-state index is 0.285. The molecule has 3 rings (SSSR count). The first kappa shape index (κ1) is 19.2. The Labute approximate surface area is 163 Å². The fourth-order valence-electron chi connectivity index (χ4n) is 2.62. The topological polar surface area (TPSA) is 64.6 Å². The Balaban J connectivity index is 1.68. The number of nitrogens with one attached hydrogen (secondary N) is 1. The quantitative estimate of drug-likeness (QED) is 0.608. The summed E-state index contributed by atoms with van der Waals surface area (Å²) in [5.41, 5.74) is 2.47. The van der Waals surface area contributed by atoms with E-state index in [1.165, 1.54) is 0 Å². The lowest BCUT2D eigenvalue weighted by atomic mass is 10.1. The summed E-state index contributed by atoms with van der Waals surface area (Å²) in [6.45, 7) is 2.44. The Hall–Kier alpha value is -3.60. The molecule has 142 valence electrons. The number of para-hydroxylation sites is 1. The van der Waals surface area contributed by atoms with Crippen molar-refractivity contribution in [3.05, 3.63) is 95.6 Å². The summed E-state index contributed by atoms with van der Waals surface area (Å²) < 4.78 is 10.8. The van der Waals surface area contributed by atoms with Crippen LogP contribution in [-0.2, 0) is 11.3 Å². The van der Waals surface area contributed by atoms with Gasteiger partial charge in [-0.1, -0.05) is 42.5 Å². The molecule has 28 heavy (non-hydrogen) atoms. The first-order chi connectivity index (χ1) is 13.7. The SMILES string of the molecule is CCOC(=O)c1ccc(NC(=O)c2ccccc2OCc2ccccc2)cc1. The summed E-state index contributed by atoms with van der Waals surface area (Å²) >= 11 is 0. The molecule has 0 unspecified atom stereocenters. The Bertz CT molecular complexity index is 936. The molecule has 5 heteroatoms. The molecular weight excluding hydrogens is 354 g/mol. The highest BCUT2D eigenvalue weighted by Gasteiger charge is 2.13. The monoisotopic (exact) mass is 375 g/mol. The molecule has 0 aliphatic heterocycles. The van der Waals surface area contributed by atoms with Gasteiger partial charge in [0, 0.05) is 5.69 Å². The highest BCUT2D eigenvalue weighted by molar-refractivity contribution is 6.06. The molecule has 1 amide bonds. The number of hydrogen-bond acceptors (Lipinski definition) is 4. The third-order valence-electron chi connectivity index (χ3n) is 4.02. The maximum atomic E-state index is 12.7. The van der Waals surface area contributed by atoms with E-state index in [4.69, 9.17) is 9.47 Å². The van der Waals surface area contributed by atoms with E-state index < -0.39 is 0 Å². The second kappa shape index (κ2) is 9.37. The zero-order chi connectivity index (χ0) is 19.8. The molecule has 0 atom stereocenters. The summed E-state index contributed by atoms with van der Waals surface area (Å²) in [5.74, 6) is -0.167. The number of carbonyl (C=O) groups excluding carboxylic acids is 2. The van der Waals surface area contributed by atoms with Crippen molar-refractivity contribution in [3.8, 4) is 5.75 Å². The number of rotatable bonds is 7. The third kappa shape index (κ3) is 4.98. The molecule has 0 aromatic heterocycles. The van der Waals surface area contributed by atoms with Gasteiger partial charge in [0.05, 0.1) is 17.7 Å². The van der Waals surface area contributed by atoms with Crippen molar-refractivity contribution in [3.63, 3.8) is 0 Å². The van der Waals surface area contributed by atoms with Gasteiger partial charge in [0.2, 0.25) is 0 Å². The standard InChI is InChI=1S/C23H21NO4/c1-2-27-23(26)18-12-14-19(15-13-18)24-22(25)20-10-6-7-11-21(20)28-16-17-8-4-3-5-9-17/h3-15H,2,16H2,1H3,(H,24,25). The number of amides is 1. The molecule has 0 bridgehead atoms. The third-order valence-corrected chi connectivity index (χ3v) is 4.02. The van der Waals surface area contributed by atoms with Gasteiger partial charge >= 0.3 is 5.97 Å². The predicted octanol–water partition coefficient (Wildman–Crippen LogP) is 4.69. The van der Waals surface area contributed by atoms with E-state index in [0.717, 1.165) is 5.56 Å². The van der Waals surface area contributed by atoms with Crippen LogP contribution in [0.1, 0.15) is 33.2 Å². The zero-order valence-corrected chi connectivity index (χ0v) is 15.6. The van der Waals surface area contributed by atoms with Crippen LogP contribution in [0.4, 0.5) is 5.69 Å². The number of anilines is 1. The lowest BCUT2D eigenvalue weighted by molar-refractivity contribution is 0.0526. The predicted molar refractivity (Wildman–Crippen MR) is 108 cm³/mol. The van der Waals surface area contributed by atoms with Gasteiger partial charge in [-0.2, -0.15) is 0 Å². The molecule has 0 aliphatic rings. The second-order valence-corrected chi connectivity index (χ2v) is 6.02. The van der Waals surface area contributed by atoms with Gasteiger partial charge in [0.15, 0.2) is 0 Å². The first-order valence-corrected chi connectivity index (χ1v) is 9.01. The van der Waals surface area contributed by atoms with Gasteiger partial charge in [0.1, 0.15) is 12.4 Å². The zero-order valence-electron chi connectivity index (χ0n) is 15.6. The molecular formula is C23H21NO4. The van der Waals surface area contributed by atoms with Gasteiger partial charge in [-0.25, -0.2) is 4.79 Å². The molecule has 0 spiro atoms. The van der Waals surface area contributed by atoms with Crippen LogP contribution in [0.3, 0.4) is 0 Å². The van der Waals surface area contributed by atoms with Crippen molar-refractivity contribution < 1.29 is 19.1 Å². The van der Waals surface area contributed by atoms with Crippen molar-refractivity contribution in [2.24, 2.45) is 0 Å². The molecule has 0 fully saturated rings. The van der Waals surface area contributed by atoms with Crippen molar-refractivity contribution in [2.45, 2.75) is 13.5 Å². The van der Waals surface area contributed by atoms with Gasteiger partial charge < -0.3 is 14.8 Å². The largest absolute Gasteiger partial charge is 0.488 e. The highest BCUT2D eigenvalue weighted by Crippen LogP contribution is 2.21. The van der Waals surface area contributed by atoms with Gasteiger partial charge in [0.25, 0.3) is 5.91 Å². The smallest absolute Gasteiger partial charge is 0.338 e. The van der Waals surface area contributed by atoms with E-state index in [9.17, 15) is 9.59 Å². The van der Waals surface area contributed by atoms with Crippen LogP contribution in [0.15, 0.2) is 78.9 Å². The van der Waals surface area contributed by atoms with Gasteiger partial charge in [-0.3, -0.25) is 4.79 Å². The lowest BCUT2D eigenvalue weighted by Gasteiger charge is -2.12. The number of benzene rings is 3. The first-order valence-electron chi connectivity index (χ1n) is 9.01. The fourth-order valence-corrected chi connectivity index (χ4v) is 2.62. The Morgan fingerprint density at radius 2 is 1.54 bits per heavy atom. The Kier molecular flexibility index (Phi) is 6.41. The summed E-state index contributed by atoms with van der Waals surface area (Å²) in [6, 6.07) is 23.4. The number of esters is 1. The summed E-state index contributed by atoms with van der Waals surface area (Å²) in [4.78, 5) is 24.4. The van der Waals surface area contributed by atoms with Crippen LogP contribution in [0.2, 0.25) is 0 Å². The average Bonchev–Trinajstić information content (AvgIpc) is 2.74. The lowest BCUT2D eigenvalue weighted by Crippen LogP contribution is -2.14. The van der Waals surface area contributed by atoms with E-state index in [1.54, 1.807) is 49.4 Å². The minimum Gasteiger partial charge on any atom is -0.488 e. The average molecular weight is 375 g/mol. The molecule has 1 N–H and O–H groups in total. The second-order valence-electron chi connectivity index (χ2n) is 6.02. The minimum atomic E-state index is -0.389. The number of ether oxygens (including phenoxy) is 2. The number of hydrogen-bond donors (Lipinski definition) is 1. The van der Waals surface area contributed by atoms with Crippen LogP contribution >= 0.6 is 0 Å². The molecule has 0 saturated heterocycles. The highest BCUT2D eigenvalue weighted by atomic mass is 16.5. The Morgan fingerprint density at radius 1 is 0.857 bits per heavy atom.